The number of nitrogens with zero attached hydrogens (tertiary/aromatic N) is 2. The topological polar surface area (TPSA) is 218 Å². The summed E-state index contributed by atoms with van der Waals surface area (Å²) in [5, 5.41) is 5.18. The highest BCUT2D eigenvalue weighted by atomic mass is 31.2. The first-order valence-corrected chi connectivity index (χ1v) is 21.0. The van der Waals surface area contributed by atoms with E-state index in [0.717, 1.165) is 4.57 Å². The van der Waals surface area contributed by atoms with Crippen LogP contribution in [0.3, 0.4) is 0 Å². The van der Waals surface area contributed by atoms with Gasteiger partial charge in [0.25, 0.3) is 0 Å². The molecule has 9 atom stereocenters. The van der Waals surface area contributed by atoms with Gasteiger partial charge in [-0.05, 0) is 71.9 Å². The van der Waals surface area contributed by atoms with E-state index in [1.807, 2.05) is 0 Å². The molecule has 5 rings (SSSR count). The lowest BCUT2D eigenvalue weighted by Gasteiger charge is -2.35. The number of hydrogen-bond acceptors (Lipinski definition) is 14. The minimum atomic E-state index is -4.50. The second-order valence-electron chi connectivity index (χ2n) is 14.3. The molecule has 0 spiro atoms. The normalized spacial score (nSPS) is 26.0. The molecule has 2 heterocycles. The van der Waals surface area contributed by atoms with Gasteiger partial charge in [0, 0.05) is 11.6 Å². The summed E-state index contributed by atoms with van der Waals surface area (Å²) in [4.78, 5) is 42.1. The lowest BCUT2D eigenvalue weighted by atomic mass is 9.81. The number of anilines is 1. The highest BCUT2D eigenvalue weighted by Crippen LogP contribution is 2.73. The van der Waals surface area contributed by atoms with Crippen molar-refractivity contribution in [2.24, 2.45) is 11.3 Å². The molecule has 1 saturated carbocycles. The predicted octanol–water partition coefficient (Wildman–Crippen LogP) is 5.33. The Morgan fingerprint density at radius 1 is 0.857 bits per heavy atom. The van der Waals surface area contributed by atoms with Crippen LogP contribution in [0.2, 0.25) is 0 Å². The average Bonchev–Trinajstić information content (AvgIpc) is 3.65. The van der Waals surface area contributed by atoms with Crippen LogP contribution in [0.1, 0.15) is 54.5 Å². The molecular weight excluding hydrogens is 775 g/mol. The van der Waals surface area contributed by atoms with Crippen molar-refractivity contribution in [3.63, 3.8) is 0 Å². The maximum absolute atomic E-state index is 17.0. The fourth-order valence-corrected chi connectivity index (χ4v) is 9.38. The number of aromatic nitrogens is 2. The molecule has 1 aliphatic heterocycles. The molecule has 306 valence electrons. The van der Waals surface area contributed by atoms with Gasteiger partial charge in [0.05, 0.1) is 37.4 Å². The highest BCUT2D eigenvalue weighted by Gasteiger charge is 2.82. The van der Waals surface area contributed by atoms with Crippen LogP contribution >= 0.6 is 15.5 Å². The predicted molar refractivity (Wildman–Crippen MR) is 201 cm³/mol. The van der Waals surface area contributed by atoms with E-state index in [9.17, 15) is 23.5 Å². The van der Waals surface area contributed by atoms with Gasteiger partial charge in [0.15, 0.2) is 0 Å². The number of nitrogens with two attached hydrogens (primary N) is 1. The Bertz CT molecular complexity index is 2010. The number of nitrogens with one attached hydrogen (secondary N) is 2. The van der Waals surface area contributed by atoms with E-state index in [2.05, 4.69) is 15.2 Å². The van der Waals surface area contributed by atoms with Crippen LogP contribution in [0.4, 0.5) is 10.2 Å². The molecule has 0 bridgehead atoms. The molecule has 0 amide bonds. The Hall–Kier alpha value is -4.15. The zero-order valence-corrected chi connectivity index (χ0v) is 33.8. The number of rotatable bonds is 19. The van der Waals surface area contributed by atoms with E-state index < -0.39 is 100.0 Å². The van der Waals surface area contributed by atoms with E-state index in [0.29, 0.717) is 0 Å². The summed E-state index contributed by atoms with van der Waals surface area (Å²) in [7, 11) is -8.98. The molecule has 1 aliphatic carbocycles. The second kappa shape index (κ2) is 17.1. The summed E-state index contributed by atoms with van der Waals surface area (Å²) < 4.78 is 86.8. The average molecular weight is 824 g/mol. The van der Waals surface area contributed by atoms with Crippen LogP contribution in [0, 0.1) is 11.3 Å². The molecule has 2 aliphatic rings. The van der Waals surface area contributed by atoms with Crippen molar-refractivity contribution in [1.29, 1.82) is 0 Å². The number of ether oxygens (including phenoxy) is 3. The number of esters is 2. The first kappa shape index (κ1) is 43.0. The van der Waals surface area contributed by atoms with Crippen molar-refractivity contribution >= 4 is 33.2 Å². The van der Waals surface area contributed by atoms with Gasteiger partial charge in [-0.3, -0.25) is 23.2 Å². The van der Waals surface area contributed by atoms with Gasteiger partial charge in [0.1, 0.15) is 35.4 Å². The van der Waals surface area contributed by atoms with Gasteiger partial charge in [-0.25, -0.2) is 18.3 Å². The van der Waals surface area contributed by atoms with Crippen LogP contribution in [0.25, 0.3) is 0 Å². The van der Waals surface area contributed by atoms with Gasteiger partial charge in [0.2, 0.25) is 5.85 Å². The number of carbonyl (C=O) groups excluding carboxylic acids is 2. The van der Waals surface area contributed by atoms with E-state index in [1.165, 1.54) is 50.4 Å². The molecule has 1 saturated heterocycles. The molecule has 0 radical (unpaired) electrons. The Labute approximate surface area is 323 Å². The zero-order valence-electron chi connectivity index (χ0n) is 32.0. The van der Waals surface area contributed by atoms with Gasteiger partial charge in [-0.15, -0.1) is 0 Å². The largest absolute Gasteiger partial charge is 0.462 e. The van der Waals surface area contributed by atoms with E-state index in [1.54, 1.807) is 71.0 Å². The van der Waals surface area contributed by atoms with Gasteiger partial charge < -0.3 is 29.0 Å². The lowest BCUT2D eigenvalue weighted by molar-refractivity contribution is -0.150. The van der Waals surface area contributed by atoms with Crippen molar-refractivity contribution in [1.82, 2.24) is 19.7 Å². The highest BCUT2D eigenvalue weighted by molar-refractivity contribution is 7.52. The number of benzene rings is 2. The number of alkyl halides is 1. The van der Waals surface area contributed by atoms with Crippen LogP contribution < -0.4 is 30.6 Å². The second-order valence-corrected chi connectivity index (χ2v) is 17.7. The summed E-state index contributed by atoms with van der Waals surface area (Å²) in [6.45, 7) is 9.76. The molecule has 4 N–H and O–H groups in total. The number of halogens is 1. The first-order valence-electron chi connectivity index (χ1n) is 17.9. The molecule has 1 aromatic heterocycles. The summed E-state index contributed by atoms with van der Waals surface area (Å²) in [6, 6.07) is 13.7. The lowest BCUT2D eigenvalue weighted by Crippen LogP contribution is -2.43. The van der Waals surface area contributed by atoms with Gasteiger partial charge >= 0.3 is 33.1 Å². The molecule has 3 aromatic rings. The Morgan fingerprint density at radius 3 is 1.80 bits per heavy atom. The fraction of sp³-hybridized carbons (Fsp3) is 0.500. The third-order valence-corrected chi connectivity index (χ3v) is 12.2. The monoisotopic (exact) mass is 823 g/mol. The third kappa shape index (κ3) is 10.0. The summed E-state index contributed by atoms with van der Waals surface area (Å²) >= 11 is 0. The maximum Gasteiger partial charge on any atom is 0.459 e. The third-order valence-electron chi connectivity index (χ3n) is 8.95. The number of fused-ring (bicyclic) bond motifs is 1. The number of nitrogen functional groups attached to an aromatic ring is 1. The maximum atomic E-state index is 17.0. The standard InChI is InChI=1S/C36H48FN5O12P2/c1-22(2)50-32(43)24(5)40-55(46,53-26-14-10-8-11-15-26)48-20-28-35(7,30-31(36(30,37)52-28)42-19-18-29(38)39-34(42)45)21-49-56(47,54-27-16-12-9-13-17-27)41-25(6)33(44)51-23(3)4/h8-19,22-25,28,30-31H,20-21H2,1-7H3,(H,40,46)(H,41,47)(H2,38,39,45)/t24-,25-,28+,30?,31-,35?,36?,55?,56?/m0/s1. The van der Waals surface area contributed by atoms with Crippen molar-refractivity contribution in [3.8, 4) is 11.5 Å². The zero-order chi connectivity index (χ0) is 41.1. The van der Waals surface area contributed by atoms with Crippen LogP contribution in [0.15, 0.2) is 77.7 Å². The first-order chi connectivity index (χ1) is 26.3. The quantitative estimate of drug-likeness (QED) is 0.103. The molecule has 5 unspecified atom stereocenters. The van der Waals surface area contributed by atoms with E-state index in [4.69, 9.17) is 38.0 Å². The Balaban J connectivity index is 1.47. The number of carbonyl (C=O) groups is 2. The van der Waals surface area contributed by atoms with Crippen LogP contribution in [0.5, 0.6) is 11.5 Å². The van der Waals surface area contributed by atoms with Crippen LogP contribution in [-0.4, -0.2) is 71.0 Å². The van der Waals surface area contributed by atoms with Gasteiger partial charge in [-0.1, -0.05) is 43.3 Å². The summed E-state index contributed by atoms with van der Waals surface area (Å²) in [5.41, 5.74) is 3.32. The van der Waals surface area contributed by atoms with Gasteiger partial charge in [-0.2, -0.15) is 15.2 Å². The van der Waals surface area contributed by atoms with Crippen molar-refractivity contribution in [2.45, 2.75) is 90.8 Å². The van der Waals surface area contributed by atoms with Crippen molar-refractivity contribution in [2.75, 3.05) is 18.9 Å². The fourth-order valence-electron chi connectivity index (χ4n) is 6.28. The minimum Gasteiger partial charge on any atom is -0.462 e. The molecular formula is C36H48FN5O12P2. The molecule has 17 nitrogen and oxygen atoms in total. The molecule has 56 heavy (non-hydrogen) atoms. The van der Waals surface area contributed by atoms with E-state index in [-0.39, 0.29) is 17.3 Å². The van der Waals surface area contributed by atoms with Crippen molar-refractivity contribution < 1.29 is 55.4 Å². The molecule has 2 fully saturated rings. The molecule has 20 heteroatoms. The Kier molecular flexibility index (Phi) is 13.2. The Morgan fingerprint density at radius 2 is 1.34 bits per heavy atom. The summed E-state index contributed by atoms with van der Waals surface area (Å²) in [6.07, 6.45) is -0.985. The SMILES string of the molecule is CC(C)OC(=O)[C@H](C)NP(=O)(OC[C@H]1OC2(F)C([C@@H]2n2ccc(N)nc2=O)C1(C)COP(=O)(N[C@@H](C)C(=O)OC(C)C)Oc1ccccc1)Oc1ccccc1. The minimum absolute atomic E-state index is 0.0772. The number of hydrogen-bond donors (Lipinski definition) is 3. The van der Waals surface area contributed by atoms with Crippen molar-refractivity contribution in [3.05, 3.63) is 83.4 Å². The smallest absolute Gasteiger partial charge is 0.459 e. The summed E-state index contributed by atoms with van der Waals surface area (Å²) in [5.74, 6) is -4.99. The number of para-hydroxylation sites is 2. The van der Waals surface area contributed by atoms with Crippen LogP contribution in [-0.2, 0) is 42.0 Å². The van der Waals surface area contributed by atoms with E-state index >= 15 is 4.39 Å². The molecule has 2 aromatic carbocycles.